The largest absolute Gasteiger partial charge is 0.490 e. The zero-order valence-electron chi connectivity index (χ0n) is 18.0. The van der Waals surface area contributed by atoms with Crippen molar-refractivity contribution in [1.29, 1.82) is 0 Å². The zero-order valence-corrected chi connectivity index (χ0v) is 18.0. The molecule has 0 unspecified atom stereocenters. The second kappa shape index (κ2) is 12.0. The van der Waals surface area contributed by atoms with E-state index in [0.717, 1.165) is 38.5 Å². The molecule has 2 rings (SSSR count). The van der Waals surface area contributed by atoms with Gasteiger partial charge in [-0.05, 0) is 51.3 Å². The Labute approximate surface area is 177 Å². The summed E-state index contributed by atoms with van der Waals surface area (Å²) in [5.74, 6) is -0.370. The molecule has 1 fully saturated rings. The number of carbonyl (C=O) groups excluding carboxylic acids is 3. The Bertz CT molecular complexity index is 730. The molecule has 0 aliphatic heterocycles. The van der Waals surface area contributed by atoms with E-state index in [-0.39, 0.29) is 11.6 Å². The van der Waals surface area contributed by atoms with Crippen LogP contribution in [-0.2, 0) is 9.53 Å². The Balaban J connectivity index is 1.91. The van der Waals surface area contributed by atoms with E-state index in [2.05, 4.69) is 17.6 Å². The molecule has 2 N–H and O–H groups in total. The molecular formula is C22H32N2O6. The molecular weight excluding hydrogens is 388 g/mol. The predicted molar refractivity (Wildman–Crippen MR) is 112 cm³/mol. The van der Waals surface area contributed by atoms with Crippen molar-refractivity contribution in [2.45, 2.75) is 71.4 Å². The van der Waals surface area contributed by atoms with Gasteiger partial charge < -0.3 is 19.5 Å². The van der Waals surface area contributed by atoms with Gasteiger partial charge in [-0.2, -0.15) is 0 Å². The fourth-order valence-electron chi connectivity index (χ4n) is 3.14. The number of benzene rings is 1. The summed E-state index contributed by atoms with van der Waals surface area (Å²) in [6, 6.07) is 4.26. The molecule has 0 aromatic heterocycles. The molecule has 166 valence electrons. The maximum Gasteiger partial charge on any atom is 0.339 e. The molecule has 0 saturated heterocycles. The Morgan fingerprint density at radius 1 is 1.10 bits per heavy atom. The SMILES string of the molecule is CCCCOc1ccc(C(=O)O[C@H](C)C(=O)NC(=O)NC2CCCC2)cc1OCC. The normalized spacial score (nSPS) is 14.6. The maximum atomic E-state index is 12.5. The fourth-order valence-corrected chi connectivity index (χ4v) is 3.14. The fraction of sp³-hybridized carbons (Fsp3) is 0.591. The number of carbonyl (C=O) groups is 3. The number of unbranched alkanes of at least 4 members (excludes halogenated alkanes) is 1. The molecule has 8 nitrogen and oxygen atoms in total. The zero-order chi connectivity index (χ0) is 21.9. The van der Waals surface area contributed by atoms with Crippen molar-refractivity contribution in [3.8, 4) is 11.5 Å². The molecule has 30 heavy (non-hydrogen) atoms. The lowest BCUT2D eigenvalue weighted by molar-refractivity contribution is -0.127. The molecule has 8 heteroatoms. The molecule has 1 saturated carbocycles. The molecule has 1 atom stereocenters. The third-order valence-electron chi connectivity index (χ3n) is 4.81. The summed E-state index contributed by atoms with van der Waals surface area (Å²) in [6.45, 7) is 6.30. The van der Waals surface area contributed by atoms with Crippen molar-refractivity contribution in [3.63, 3.8) is 0 Å². The van der Waals surface area contributed by atoms with Crippen LogP contribution in [0.3, 0.4) is 0 Å². The van der Waals surface area contributed by atoms with E-state index in [1.165, 1.54) is 13.0 Å². The summed E-state index contributed by atoms with van der Waals surface area (Å²) in [5.41, 5.74) is 0.233. The van der Waals surface area contributed by atoms with E-state index < -0.39 is 24.0 Å². The van der Waals surface area contributed by atoms with Gasteiger partial charge >= 0.3 is 12.0 Å². The standard InChI is InChI=1S/C22H32N2O6/c1-4-6-13-29-18-12-11-16(14-19(18)28-5-2)21(26)30-15(3)20(25)24-22(27)23-17-9-7-8-10-17/h11-12,14-15,17H,4-10,13H2,1-3H3,(H2,23,24,25,27)/t15-/m1/s1. The first kappa shape index (κ1) is 23.5. The van der Waals surface area contributed by atoms with Gasteiger partial charge in [0.05, 0.1) is 18.8 Å². The van der Waals surface area contributed by atoms with Gasteiger partial charge in [0.25, 0.3) is 5.91 Å². The third-order valence-corrected chi connectivity index (χ3v) is 4.81. The number of imide groups is 1. The summed E-state index contributed by atoms with van der Waals surface area (Å²) in [4.78, 5) is 36.5. The Morgan fingerprint density at radius 3 is 2.50 bits per heavy atom. The van der Waals surface area contributed by atoms with Crippen LogP contribution in [0.2, 0.25) is 0 Å². The van der Waals surface area contributed by atoms with Crippen molar-refractivity contribution in [3.05, 3.63) is 23.8 Å². The first-order valence-electron chi connectivity index (χ1n) is 10.7. The van der Waals surface area contributed by atoms with E-state index in [1.807, 2.05) is 6.92 Å². The number of rotatable bonds is 10. The van der Waals surface area contributed by atoms with Crippen molar-refractivity contribution < 1.29 is 28.6 Å². The van der Waals surface area contributed by atoms with Gasteiger partial charge in [-0.1, -0.05) is 26.2 Å². The second-order valence-electron chi connectivity index (χ2n) is 7.29. The van der Waals surface area contributed by atoms with Gasteiger partial charge in [0, 0.05) is 6.04 Å². The lowest BCUT2D eigenvalue weighted by atomic mass is 10.2. The van der Waals surface area contributed by atoms with Crippen LogP contribution in [0, 0.1) is 0 Å². The Hall–Kier alpha value is -2.77. The van der Waals surface area contributed by atoms with E-state index in [0.29, 0.717) is 24.7 Å². The average molecular weight is 421 g/mol. The van der Waals surface area contributed by atoms with Crippen molar-refractivity contribution in [2.75, 3.05) is 13.2 Å². The Morgan fingerprint density at radius 2 is 1.83 bits per heavy atom. The van der Waals surface area contributed by atoms with Gasteiger partial charge in [0.2, 0.25) is 0 Å². The van der Waals surface area contributed by atoms with Gasteiger partial charge in [-0.15, -0.1) is 0 Å². The number of esters is 1. The molecule has 0 spiro atoms. The highest BCUT2D eigenvalue weighted by Gasteiger charge is 2.23. The molecule has 1 aromatic rings. The lowest BCUT2D eigenvalue weighted by Crippen LogP contribution is -2.47. The van der Waals surface area contributed by atoms with Crippen molar-refractivity contribution in [1.82, 2.24) is 10.6 Å². The van der Waals surface area contributed by atoms with Gasteiger partial charge in [-0.3, -0.25) is 10.1 Å². The predicted octanol–water partition coefficient (Wildman–Crippen LogP) is 3.58. The number of urea groups is 1. The van der Waals surface area contributed by atoms with Crippen LogP contribution in [0.4, 0.5) is 4.79 Å². The molecule has 0 radical (unpaired) electrons. The quantitative estimate of drug-likeness (QED) is 0.443. The maximum absolute atomic E-state index is 12.5. The highest BCUT2D eigenvalue weighted by atomic mass is 16.5. The van der Waals surface area contributed by atoms with Crippen LogP contribution in [0.15, 0.2) is 18.2 Å². The minimum atomic E-state index is -1.12. The van der Waals surface area contributed by atoms with Gasteiger partial charge in [0.1, 0.15) is 0 Å². The van der Waals surface area contributed by atoms with Crippen LogP contribution < -0.4 is 20.1 Å². The van der Waals surface area contributed by atoms with E-state index in [1.54, 1.807) is 12.1 Å². The first-order valence-corrected chi connectivity index (χ1v) is 10.7. The third kappa shape index (κ3) is 7.24. The Kier molecular flexibility index (Phi) is 9.44. The van der Waals surface area contributed by atoms with Crippen molar-refractivity contribution in [2.24, 2.45) is 0 Å². The summed E-state index contributed by atoms with van der Waals surface area (Å²) < 4.78 is 16.5. The van der Waals surface area contributed by atoms with Crippen LogP contribution in [0.25, 0.3) is 0 Å². The monoisotopic (exact) mass is 420 g/mol. The lowest BCUT2D eigenvalue weighted by Gasteiger charge is -2.16. The number of amides is 3. The molecule has 3 amide bonds. The van der Waals surface area contributed by atoms with Crippen LogP contribution in [0.1, 0.15) is 69.7 Å². The molecule has 1 aromatic carbocycles. The number of ether oxygens (including phenoxy) is 3. The summed E-state index contributed by atoms with van der Waals surface area (Å²) in [6.07, 6.45) is 4.75. The van der Waals surface area contributed by atoms with E-state index in [4.69, 9.17) is 14.2 Å². The minimum absolute atomic E-state index is 0.0886. The number of nitrogens with one attached hydrogen (secondary N) is 2. The van der Waals surface area contributed by atoms with Crippen LogP contribution in [0.5, 0.6) is 11.5 Å². The summed E-state index contributed by atoms with van der Waals surface area (Å²) in [7, 11) is 0. The molecule has 0 bridgehead atoms. The highest BCUT2D eigenvalue weighted by Crippen LogP contribution is 2.29. The number of hydrogen-bond donors (Lipinski definition) is 2. The van der Waals surface area contributed by atoms with Crippen LogP contribution in [-0.4, -0.2) is 43.3 Å². The average Bonchev–Trinajstić information content (AvgIpc) is 3.22. The molecule has 1 aliphatic carbocycles. The summed E-state index contributed by atoms with van der Waals surface area (Å²) >= 11 is 0. The van der Waals surface area contributed by atoms with Gasteiger partial charge in [0.15, 0.2) is 17.6 Å². The topological polar surface area (TPSA) is 103 Å². The minimum Gasteiger partial charge on any atom is -0.490 e. The molecule has 1 aliphatic rings. The number of hydrogen-bond acceptors (Lipinski definition) is 6. The van der Waals surface area contributed by atoms with Gasteiger partial charge in [-0.25, -0.2) is 9.59 Å². The van der Waals surface area contributed by atoms with Crippen LogP contribution >= 0.6 is 0 Å². The summed E-state index contributed by atoms with van der Waals surface area (Å²) in [5, 5.41) is 4.98. The first-order chi connectivity index (χ1) is 14.4. The van der Waals surface area contributed by atoms with E-state index in [9.17, 15) is 14.4 Å². The molecule has 0 heterocycles. The van der Waals surface area contributed by atoms with Crippen molar-refractivity contribution >= 4 is 17.9 Å². The second-order valence-corrected chi connectivity index (χ2v) is 7.29. The highest BCUT2D eigenvalue weighted by molar-refractivity contribution is 5.98. The smallest absolute Gasteiger partial charge is 0.339 e. The van der Waals surface area contributed by atoms with E-state index >= 15 is 0 Å².